The van der Waals surface area contributed by atoms with Crippen molar-refractivity contribution in [3.63, 3.8) is 0 Å². The number of pyridine rings is 2. The van der Waals surface area contributed by atoms with Crippen molar-refractivity contribution in [3.8, 4) is 11.4 Å². The summed E-state index contributed by atoms with van der Waals surface area (Å²) in [5.41, 5.74) is 4.08. The van der Waals surface area contributed by atoms with Crippen LogP contribution in [0.15, 0.2) is 36.7 Å². The fraction of sp³-hybridized carbons (Fsp3) is 0.515. The number of nitrogens with two attached hydrogens (primary N) is 1. The molecule has 3 atom stereocenters. The zero-order valence-electron chi connectivity index (χ0n) is 27.6. The predicted octanol–water partition coefficient (Wildman–Crippen LogP) is 4.61. The van der Waals surface area contributed by atoms with Crippen LogP contribution in [0.25, 0.3) is 11.4 Å². The van der Waals surface area contributed by atoms with Crippen LogP contribution in [-0.4, -0.2) is 83.5 Å². The quantitative estimate of drug-likeness (QED) is 0.319. The van der Waals surface area contributed by atoms with Crippen LogP contribution in [0.4, 0.5) is 41.1 Å². The van der Waals surface area contributed by atoms with Crippen molar-refractivity contribution >= 4 is 35.1 Å². The summed E-state index contributed by atoms with van der Waals surface area (Å²) < 4.78 is 53.1. The van der Waals surface area contributed by atoms with E-state index in [1.807, 2.05) is 31.7 Å². The third kappa shape index (κ3) is 7.79. The number of ether oxygens (including phenoxy) is 2. The highest BCUT2D eigenvalue weighted by Crippen LogP contribution is 2.44. The molecule has 1 saturated carbocycles. The van der Waals surface area contributed by atoms with E-state index in [-0.39, 0.29) is 28.9 Å². The van der Waals surface area contributed by atoms with Gasteiger partial charge in [-0.25, -0.2) is 24.7 Å². The number of alkyl halides is 3. The second-order valence-corrected chi connectivity index (χ2v) is 13.5. The number of anilines is 4. The van der Waals surface area contributed by atoms with Crippen LogP contribution in [-0.2, 0) is 15.7 Å². The van der Waals surface area contributed by atoms with Crippen LogP contribution in [0.5, 0.6) is 0 Å². The highest BCUT2D eigenvalue weighted by Gasteiger charge is 2.43. The molecular formula is C33H40F3N9O4. The standard InChI is InChI=1S/C33H40F3N9O4/c1-32(2,3)49-31(47)40-15-21-19-6-7-20(21)18-45(17-19)24-5-4-10-38-29(24)43-30(46)27-28(37)39-16-23(41-27)26-22(33(34,35)36)8-9-25(42-26)44-11-13-48-14-12-44/h4-5,8-10,16,19-21H,6-7,11-15,17-18H2,1-3H3,(H2,37,39)(H,40,47)(H,38,43,46)/t19-,20+,21?. The van der Waals surface area contributed by atoms with Crippen molar-refractivity contribution in [3.05, 3.63) is 47.9 Å². The number of rotatable bonds is 7. The van der Waals surface area contributed by atoms with E-state index in [4.69, 9.17) is 15.2 Å². The Balaban J connectivity index is 1.20. The second kappa shape index (κ2) is 13.6. The first kappa shape index (κ1) is 34.1. The van der Waals surface area contributed by atoms with E-state index in [0.29, 0.717) is 69.3 Å². The molecule has 2 aliphatic heterocycles. The van der Waals surface area contributed by atoms with E-state index >= 15 is 0 Å². The first-order chi connectivity index (χ1) is 23.3. The van der Waals surface area contributed by atoms with Crippen molar-refractivity contribution < 1.29 is 32.2 Å². The van der Waals surface area contributed by atoms with E-state index in [1.54, 1.807) is 6.07 Å². The van der Waals surface area contributed by atoms with E-state index in [0.717, 1.165) is 25.1 Å². The number of fused-ring (bicyclic) bond motifs is 2. The molecule has 0 radical (unpaired) electrons. The number of morpholine rings is 1. The maximum Gasteiger partial charge on any atom is 0.418 e. The van der Waals surface area contributed by atoms with Crippen LogP contribution in [0.2, 0.25) is 0 Å². The molecule has 3 fully saturated rings. The van der Waals surface area contributed by atoms with Crippen LogP contribution in [0.1, 0.15) is 49.7 Å². The number of aromatic nitrogens is 4. The molecule has 2 bridgehead atoms. The lowest BCUT2D eigenvalue weighted by atomic mass is 9.85. The van der Waals surface area contributed by atoms with Gasteiger partial charge in [-0.2, -0.15) is 13.2 Å². The molecule has 3 aliphatic rings. The summed E-state index contributed by atoms with van der Waals surface area (Å²) >= 11 is 0. The molecule has 1 aliphatic carbocycles. The lowest BCUT2D eigenvalue weighted by Gasteiger charge is -2.39. The summed E-state index contributed by atoms with van der Waals surface area (Å²) in [4.78, 5) is 46.9. The number of piperidine rings is 1. The fourth-order valence-corrected chi connectivity index (χ4v) is 6.82. The molecule has 0 aromatic carbocycles. The summed E-state index contributed by atoms with van der Waals surface area (Å²) in [5.74, 6) is 0.448. The van der Waals surface area contributed by atoms with Crippen LogP contribution < -0.4 is 26.2 Å². The molecule has 3 aromatic heterocycles. The molecule has 1 unspecified atom stereocenters. The summed E-state index contributed by atoms with van der Waals surface area (Å²) in [6.45, 7) is 9.14. The minimum atomic E-state index is -4.74. The molecule has 6 rings (SSSR count). The number of nitrogen functional groups attached to an aromatic ring is 1. The minimum Gasteiger partial charge on any atom is -0.444 e. The highest BCUT2D eigenvalue weighted by atomic mass is 19.4. The average molecular weight is 684 g/mol. The molecule has 49 heavy (non-hydrogen) atoms. The Morgan fingerprint density at radius 2 is 1.73 bits per heavy atom. The van der Waals surface area contributed by atoms with Crippen molar-refractivity contribution in [2.24, 2.45) is 17.8 Å². The number of amides is 2. The van der Waals surface area contributed by atoms with Gasteiger partial charge in [-0.1, -0.05) is 0 Å². The van der Waals surface area contributed by atoms with Crippen molar-refractivity contribution in [1.82, 2.24) is 25.3 Å². The van der Waals surface area contributed by atoms with E-state index in [9.17, 15) is 22.8 Å². The van der Waals surface area contributed by atoms with Gasteiger partial charge in [0.25, 0.3) is 5.91 Å². The summed E-state index contributed by atoms with van der Waals surface area (Å²) in [7, 11) is 0. The first-order valence-electron chi connectivity index (χ1n) is 16.3. The average Bonchev–Trinajstić information content (AvgIpc) is 3.29. The second-order valence-electron chi connectivity index (χ2n) is 13.5. The Morgan fingerprint density at radius 3 is 2.41 bits per heavy atom. The molecule has 2 amide bonds. The third-order valence-corrected chi connectivity index (χ3v) is 9.05. The number of hydrogen-bond acceptors (Lipinski definition) is 11. The molecule has 16 heteroatoms. The lowest BCUT2D eigenvalue weighted by molar-refractivity contribution is -0.137. The largest absolute Gasteiger partial charge is 0.444 e. The topological polar surface area (TPSA) is 161 Å². The predicted molar refractivity (Wildman–Crippen MR) is 176 cm³/mol. The van der Waals surface area contributed by atoms with Crippen LogP contribution in [0.3, 0.4) is 0 Å². The van der Waals surface area contributed by atoms with E-state index in [1.165, 1.54) is 12.3 Å². The Kier molecular flexibility index (Phi) is 9.51. The molecule has 5 heterocycles. The molecule has 0 spiro atoms. The van der Waals surface area contributed by atoms with Gasteiger partial charge in [-0.15, -0.1) is 0 Å². The zero-order valence-corrected chi connectivity index (χ0v) is 27.6. The first-order valence-corrected chi connectivity index (χ1v) is 16.3. The van der Waals surface area contributed by atoms with Gasteiger partial charge < -0.3 is 35.6 Å². The van der Waals surface area contributed by atoms with Crippen molar-refractivity contribution in [2.45, 2.75) is 45.4 Å². The van der Waals surface area contributed by atoms with Gasteiger partial charge in [0.2, 0.25) is 0 Å². The summed E-state index contributed by atoms with van der Waals surface area (Å²) in [5, 5.41) is 5.69. The maximum atomic E-state index is 14.1. The highest BCUT2D eigenvalue weighted by molar-refractivity contribution is 6.06. The number of carbonyl (C=O) groups excluding carboxylic acids is 2. The fourth-order valence-electron chi connectivity index (χ4n) is 6.82. The minimum absolute atomic E-state index is 0.248. The van der Waals surface area contributed by atoms with Gasteiger partial charge in [-0.3, -0.25) is 4.79 Å². The smallest absolute Gasteiger partial charge is 0.418 e. The molecular weight excluding hydrogens is 643 g/mol. The summed E-state index contributed by atoms with van der Waals surface area (Å²) in [6, 6.07) is 5.88. The van der Waals surface area contributed by atoms with Gasteiger partial charge >= 0.3 is 12.3 Å². The molecule has 13 nitrogen and oxygen atoms in total. The monoisotopic (exact) mass is 683 g/mol. The third-order valence-electron chi connectivity index (χ3n) is 9.05. The van der Waals surface area contributed by atoms with Crippen LogP contribution >= 0.6 is 0 Å². The summed E-state index contributed by atoms with van der Waals surface area (Å²) in [6.07, 6.45) is -0.552. The van der Waals surface area contributed by atoms with Gasteiger partial charge in [-0.05, 0) is 75.6 Å². The normalized spacial score (nSPS) is 21.0. The van der Waals surface area contributed by atoms with Crippen molar-refractivity contribution in [1.29, 1.82) is 0 Å². The van der Waals surface area contributed by atoms with Gasteiger partial charge in [0.05, 0.1) is 30.7 Å². The lowest BCUT2D eigenvalue weighted by Crippen LogP contribution is -2.47. The number of hydrogen-bond donors (Lipinski definition) is 3. The maximum absolute atomic E-state index is 14.1. The Bertz CT molecular complexity index is 1680. The van der Waals surface area contributed by atoms with Crippen molar-refractivity contribution in [2.75, 3.05) is 66.8 Å². The zero-order chi connectivity index (χ0) is 34.9. The Hall–Kier alpha value is -4.73. The Morgan fingerprint density at radius 1 is 1.02 bits per heavy atom. The number of nitrogens with zero attached hydrogens (tertiary/aromatic N) is 6. The number of alkyl carbamates (subject to hydrolysis) is 1. The van der Waals surface area contributed by atoms with E-state index in [2.05, 4.69) is 35.5 Å². The van der Waals surface area contributed by atoms with Crippen LogP contribution in [0, 0.1) is 17.8 Å². The van der Waals surface area contributed by atoms with E-state index < -0.39 is 35.0 Å². The molecule has 3 aromatic rings. The number of nitrogens with one attached hydrogen (secondary N) is 2. The SMILES string of the molecule is CC(C)(C)OC(=O)NCC1[C@@H]2CC[C@H]1CN(c1cccnc1NC(=O)c1nc(-c3nc(N4CCOCC4)ccc3C(F)(F)F)cnc1N)C2. The molecule has 4 N–H and O–H groups in total. The van der Waals surface area contributed by atoms with Gasteiger partial charge in [0.15, 0.2) is 17.3 Å². The number of halogens is 3. The number of carbonyl (C=O) groups is 2. The molecule has 2 saturated heterocycles. The van der Waals surface area contributed by atoms with Gasteiger partial charge in [0.1, 0.15) is 22.8 Å². The molecule has 262 valence electrons. The van der Waals surface area contributed by atoms with Gasteiger partial charge in [0, 0.05) is 38.9 Å². The Labute approximate surface area is 281 Å².